The maximum absolute atomic E-state index is 11.6. The average molecular weight is 219 g/mol. The average Bonchev–Trinajstić information content (AvgIpc) is 2.74. The molecule has 0 fully saturated rings. The molecule has 0 aliphatic carbocycles. The fourth-order valence-corrected chi connectivity index (χ4v) is 1.29. The number of carbonyl (C=O) groups excluding carboxylic acids is 1. The number of anilines is 1. The first-order valence-electron chi connectivity index (χ1n) is 4.38. The fraction of sp³-hybridized carbons (Fsp3) is 0. The van der Waals surface area contributed by atoms with Gasteiger partial charge in [0.25, 0.3) is 5.91 Å². The number of thiol groups is 1. The first-order valence-corrected chi connectivity index (χ1v) is 4.83. The maximum Gasteiger partial charge on any atom is 0.258 e. The Kier molecular flexibility index (Phi) is 2.78. The van der Waals surface area contributed by atoms with E-state index in [0.29, 0.717) is 5.56 Å². The Morgan fingerprint density at radius 2 is 1.93 bits per heavy atom. The summed E-state index contributed by atoms with van der Waals surface area (Å²) in [5, 5.41) is 2.74. The Balaban J connectivity index is 2.09. The van der Waals surface area contributed by atoms with Crippen LogP contribution in [0.1, 0.15) is 10.4 Å². The summed E-state index contributed by atoms with van der Waals surface area (Å²) in [5.74, 6) is -0.185. The van der Waals surface area contributed by atoms with Crippen molar-refractivity contribution < 1.29 is 9.21 Å². The van der Waals surface area contributed by atoms with Crippen LogP contribution in [0, 0.1) is 0 Å². The van der Waals surface area contributed by atoms with Gasteiger partial charge in [0.15, 0.2) is 0 Å². The third kappa shape index (κ3) is 2.41. The fourth-order valence-electron chi connectivity index (χ4n) is 1.14. The number of hydrogen-bond acceptors (Lipinski definition) is 3. The van der Waals surface area contributed by atoms with Crippen LogP contribution in [0.25, 0.3) is 0 Å². The molecule has 0 bridgehead atoms. The van der Waals surface area contributed by atoms with Crippen molar-refractivity contribution in [3.8, 4) is 0 Å². The lowest BCUT2D eigenvalue weighted by atomic mass is 10.3. The highest BCUT2D eigenvalue weighted by atomic mass is 32.1. The Hall–Kier alpha value is -1.68. The third-order valence-electron chi connectivity index (χ3n) is 1.91. The summed E-state index contributed by atoms with van der Waals surface area (Å²) in [4.78, 5) is 12.4. The van der Waals surface area contributed by atoms with Crippen LogP contribution in [-0.2, 0) is 0 Å². The molecule has 1 aromatic heterocycles. The van der Waals surface area contributed by atoms with Crippen LogP contribution in [-0.4, -0.2) is 5.91 Å². The van der Waals surface area contributed by atoms with Crippen molar-refractivity contribution in [1.82, 2.24) is 0 Å². The minimum Gasteiger partial charge on any atom is -0.472 e. The minimum absolute atomic E-state index is 0.185. The number of carbonyl (C=O) groups is 1. The Labute approximate surface area is 92.5 Å². The Bertz CT molecular complexity index is 448. The molecule has 0 spiro atoms. The molecule has 4 heteroatoms. The van der Waals surface area contributed by atoms with E-state index in [4.69, 9.17) is 4.42 Å². The molecule has 0 saturated carbocycles. The molecule has 1 N–H and O–H groups in total. The molecule has 0 unspecified atom stereocenters. The van der Waals surface area contributed by atoms with E-state index in [9.17, 15) is 4.79 Å². The molecule has 0 aliphatic rings. The van der Waals surface area contributed by atoms with Crippen LogP contribution < -0.4 is 5.32 Å². The molecule has 1 amide bonds. The zero-order chi connectivity index (χ0) is 10.7. The number of nitrogens with one attached hydrogen (secondary N) is 1. The van der Waals surface area contributed by atoms with Crippen LogP contribution >= 0.6 is 12.6 Å². The SMILES string of the molecule is O=C(Nc1ccc(S)cc1)c1ccoc1. The zero-order valence-corrected chi connectivity index (χ0v) is 8.70. The lowest BCUT2D eigenvalue weighted by molar-refractivity contribution is 0.102. The van der Waals surface area contributed by atoms with Gasteiger partial charge in [0, 0.05) is 10.6 Å². The molecule has 2 rings (SSSR count). The van der Waals surface area contributed by atoms with Gasteiger partial charge in [0.05, 0.1) is 11.8 Å². The number of amides is 1. The summed E-state index contributed by atoms with van der Waals surface area (Å²) in [7, 11) is 0. The van der Waals surface area contributed by atoms with Crippen molar-refractivity contribution in [3.63, 3.8) is 0 Å². The van der Waals surface area contributed by atoms with Gasteiger partial charge in [-0.3, -0.25) is 4.79 Å². The highest BCUT2D eigenvalue weighted by molar-refractivity contribution is 7.80. The largest absolute Gasteiger partial charge is 0.472 e. The van der Waals surface area contributed by atoms with E-state index in [2.05, 4.69) is 17.9 Å². The van der Waals surface area contributed by atoms with Crippen molar-refractivity contribution in [3.05, 3.63) is 48.4 Å². The predicted octanol–water partition coefficient (Wildman–Crippen LogP) is 2.82. The van der Waals surface area contributed by atoms with E-state index in [1.54, 1.807) is 18.2 Å². The first kappa shape index (κ1) is 9.86. The molecule has 3 nitrogen and oxygen atoms in total. The van der Waals surface area contributed by atoms with Gasteiger partial charge in [-0.25, -0.2) is 0 Å². The van der Waals surface area contributed by atoms with Crippen LogP contribution in [0.2, 0.25) is 0 Å². The van der Waals surface area contributed by atoms with Gasteiger partial charge >= 0.3 is 0 Å². The number of benzene rings is 1. The topological polar surface area (TPSA) is 42.2 Å². The lowest BCUT2D eigenvalue weighted by Gasteiger charge is -2.02. The molecule has 1 aromatic carbocycles. The predicted molar refractivity (Wildman–Crippen MR) is 60.4 cm³/mol. The Morgan fingerprint density at radius 3 is 2.53 bits per heavy atom. The van der Waals surface area contributed by atoms with Crippen LogP contribution in [0.5, 0.6) is 0 Å². The number of furan rings is 1. The smallest absolute Gasteiger partial charge is 0.258 e. The van der Waals surface area contributed by atoms with Crippen LogP contribution in [0.4, 0.5) is 5.69 Å². The van der Waals surface area contributed by atoms with Gasteiger partial charge in [0.2, 0.25) is 0 Å². The molecule has 0 radical (unpaired) electrons. The van der Waals surface area contributed by atoms with E-state index >= 15 is 0 Å². The maximum atomic E-state index is 11.6. The third-order valence-corrected chi connectivity index (χ3v) is 2.21. The summed E-state index contributed by atoms with van der Waals surface area (Å²) in [6, 6.07) is 8.82. The van der Waals surface area contributed by atoms with E-state index in [1.807, 2.05) is 12.1 Å². The summed E-state index contributed by atoms with van der Waals surface area (Å²) in [5.41, 5.74) is 1.24. The highest BCUT2D eigenvalue weighted by Gasteiger charge is 2.06. The second kappa shape index (κ2) is 4.23. The normalized spacial score (nSPS) is 9.93. The van der Waals surface area contributed by atoms with Gasteiger partial charge < -0.3 is 9.73 Å². The zero-order valence-electron chi connectivity index (χ0n) is 7.81. The quantitative estimate of drug-likeness (QED) is 0.763. The van der Waals surface area contributed by atoms with Gasteiger partial charge in [-0.15, -0.1) is 12.6 Å². The van der Waals surface area contributed by atoms with Gasteiger partial charge in [-0.05, 0) is 30.3 Å². The van der Waals surface area contributed by atoms with E-state index in [0.717, 1.165) is 10.6 Å². The second-order valence-corrected chi connectivity index (χ2v) is 3.53. The monoisotopic (exact) mass is 219 g/mol. The van der Waals surface area contributed by atoms with Gasteiger partial charge in [-0.2, -0.15) is 0 Å². The van der Waals surface area contributed by atoms with Crippen molar-refractivity contribution in [2.75, 3.05) is 5.32 Å². The van der Waals surface area contributed by atoms with Crippen LogP contribution in [0.3, 0.4) is 0 Å². The van der Waals surface area contributed by atoms with Crippen molar-refractivity contribution in [1.29, 1.82) is 0 Å². The van der Waals surface area contributed by atoms with E-state index in [-0.39, 0.29) is 5.91 Å². The van der Waals surface area contributed by atoms with E-state index < -0.39 is 0 Å². The summed E-state index contributed by atoms with van der Waals surface area (Å²) >= 11 is 4.15. The Morgan fingerprint density at radius 1 is 1.20 bits per heavy atom. The second-order valence-electron chi connectivity index (χ2n) is 3.01. The molecule has 1 heterocycles. The molecule has 76 valence electrons. The first-order chi connectivity index (χ1) is 7.25. The van der Waals surface area contributed by atoms with Crippen molar-refractivity contribution in [2.24, 2.45) is 0 Å². The highest BCUT2D eigenvalue weighted by Crippen LogP contribution is 2.13. The molecular weight excluding hydrogens is 210 g/mol. The summed E-state index contributed by atoms with van der Waals surface area (Å²) < 4.78 is 4.82. The summed E-state index contributed by atoms with van der Waals surface area (Å²) in [6.07, 6.45) is 2.87. The van der Waals surface area contributed by atoms with Gasteiger partial charge in [-0.1, -0.05) is 0 Å². The molecular formula is C11H9NO2S. The lowest BCUT2D eigenvalue weighted by Crippen LogP contribution is -2.10. The molecule has 0 saturated heterocycles. The molecule has 15 heavy (non-hydrogen) atoms. The number of rotatable bonds is 2. The van der Waals surface area contributed by atoms with E-state index in [1.165, 1.54) is 12.5 Å². The standard InChI is InChI=1S/C11H9NO2S/c13-11(8-5-6-14-7-8)12-9-1-3-10(15)4-2-9/h1-7,15H,(H,12,13). The molecule has 2 aromatic rings. The van der Waals surface area contributed by atoms with Crippen molar-refractivity contribution in [2.45, 2.75) is 4.90 Å². The number of hydrogen-bond donors (Lipinski definition) is 2. The summed E-state index contributed by atoms with van der Waals surface area (Å²) in [6.45, 7) is 0. The minimum atomic E-state index is -0.185. The molecule has 0 atom stereocenters. The van der Waals surface area contributed by atoms with Crippen molar-refractivity contribution >= 4 is 24.2 Å². The van der Waals surface area contributed by atoms with Gasteiger partial charge in [0.1, 0.15) is 6.26 Å². The van der Waals surface area contributed by atoms with Crippen LogP contribution in [0.15, 0.2) is 52.2 Å². The molecule has 0 aliphatic heterocycles.